The minimum Gasteiger partial charge on any atom is -0.483 e. The summed E-state index contributed by atoms with van der Waals surface area (Å²) in [6, 6.07) is 4.85. The molecule has 0 saturated carbocycles. The van der Waals surface area contributed by atoms with E-state index in [2.05, 4.69) is 35.1 Å². The molecule has 2 amide bonds. The van der Waals surface area contributed by atoms with Crippen molar-refractivity contribution in [3.05, 3.63) is 28.2 Å². The third-order valence-corrected chi connectivity index (χ3v) is 6.65. The first-order chi connectivity index (χ1) is 16.5. The first-order valence-corrected chi connectivity index (χ1v) is 13.4. The second kappa shape index (κ2) is 15.7. The number of hydrogen-bond donors (Lipinski definition) is 1. The van der Waals surface area contributed by atoms with E-state index in [9.17, 15) is 14.4 Å². The highest BCUT2D eigenvalue weighted by molar-refractivity contribution is 9.10. The van der Waals surface area contributed by atoms with Crippen molar-refractivity contribution in [1.29, 1.82) is 0 Å². The molecule has 1 aliphatic rings. The summed E-state index contributed by atoms with van der Waals surface area (Å²) in [5.41, 5.74) is 1.16. The molecule has 8 heteroatoms. The highest BCUT2D eigenvalue weighted by Gasteiger charge is 2.35. The molecule has 1 aliphatic heterocycles. The average Bonchev–Trinajstić information content (AvgIpc) is 2.83. The van der Waals surface area contributed by atoms with Gasteiger partial charge in [-0.2, -0.15) is 0 Å². The standard InChI is InChI=1S/C26H39BrN2O5/c1-3-5-6-7-8-9-10-11-16-33-25(31)18-22-26(32)28-14-15-29(22)24(30)19-34-23-13-12-20(4-2)17-21(23)27/h12-13,17,22H,3-11,14-16,18-19H2,1-2H3,(H,28,32). The second-order valence-electron chi connectivity index (χ2n) is 8.70. The number of carbonyl (C=O) groups is 3. The molecule has 1 unspecified atom stereocenters. The number of piperazine rings is 1. The van der Waals surface area contributed by atoms with Crippen LogP contribution < -0.4 is 10.1 Å². The Labute approximate surface area is 212 Å². The van der Waals surface area contributed by atoms with Crippen LogP contribution in [0, 0.1) is 0 Å². The number of ether oxygens (including phenoxy) is 2. The van der Waals surface area contributed by atoms with Crippen molar-refractivity contribution in [3.63, 3.8) is 0 Å². The number of benzene rings is 1. The van der Waals surface area contributed by atoms with Crippen LogP contribution in [0.4, 0.5) is 0 Å². The number of halogens is 1. The van der Waals surface area contributed by atoms with Crippen molar-refractivity contribution in [2.24, 2.45) is 0 Å². The Bertz CT molecular complexity index is 801. The van der Waals surface area contributed by atoms with Gasteiger partial charge in [0.15, 0.2) is 6.61 Å². The molecular weight excluding hydrogens is 500 g/mol. The first kappa shape index (κ1) is 28.1. The molecule has 34 heavy (non-hydrogen) atoms. The monoisotopic (exact) mass is 538 g/mol. The normalized spacial score (nSPS) is 15.7. The summed E-state index contributed by atoms with van der Waals surface area (Å²) in [6.45, 7) is 5.10. The number of nitrogens with one attached hydrogen (secondary N) is 1. The topological polar surface area (TPSA) is 84.9 Å². The Morgan fingerprint density at radius 1 is 1.09 bits per heavy atom. The van der Waals surface area contributed by atoms with Crippen LogP contribution in [0.5, 0.6) is 5.75 Å². The summed E-state index contributed by atoms with van der Waals surface area (Å²) in [5, 5.41) is 2.73. The molecule has 0 bridgehead atoms. The van der Waals surface area contributed by atoms with Crippen LogP contribution in [0.15, 0.2) is 22.7 Å². The Morgan fingerprint density at radius 3 is 2.47 bits per heavy atom. The molecule has 0 radical (unpaired) electrons. The highest BCUT2D eigenvalue weighted by Crippen LogP contribution is 2.26. The number of carbonyl (C=O) groups excluding carboxylic acids is 3. The van der Waals surface area contributed by atoms with Crippen LogP contribution in [0.1, 0.15) is 77.2 Å². The van der Waals surface area contributed by atoms with Gasteiger partial charge in [-0.1, -0.05) is 64.9 Å². The molecule has 0 spiro atoms. The van der Waals surface area contributed by atoms with Gasteiger partial charge in [0.2, 0.25) is 5.91 Å². The van der Waals surface area contributed by atoms with Crippen molar-refractivity contribution in [3.8, 4) is 5.75 Å². The zero-order valence-electron chi connectivity index (χ0n) is 20.6. The lowest BCUT2D eigenvalue weighted by Crippen LogP contribution is -2.58. The lowest BCUT2D eigenvalue weighted by molar-refractivity contribution is -0.152. The smallest absolute Gasteiger partial charge is 0.308 e. The minimum atomic E-state index is -0.873. The number of hydrogen-bond acceptors (Lipinski definition) is 5. The van der Waals surface area contributed by atoms with E-state index in [1.807, 2.05) is 18.2 Å². The Morgan fingerprint density at radius 2 is 1.79 bits per heavy atom. The van der Waals surface area contributed by atoms with Crippen molar-refractivity contribution >= 4 is 33.7 Å². The van der Waals surface area contributed by atoms with Crippen molar-refractivity contribution < 1.29 is 23.9 Å². The van der Waals surface area contributed by atoms with Gasteiger partial charge in [-0.15, -0.1) is 0 Å². The summed E-state index contributed by atoms with van der Waals surface area (Å²) in [6.07, 6.45) is 10.0. The summed E-state index contributed by atoms with van der Waals surface area (Å²) >= 11 is 3.47. The van der Waals surface area contributed by atoms with Gasteiger partial charge in [0.05, 0.1) is 17.5 Å². The maximum Gasteiger partial charge on any atom is 0.308 e. The van der Waals surface area contributed by atoms with Crippen LogP contribution >= 0.6 is 15.9 Å². The van der Waals surface area contributed by atoms with Crippen molar-refractivity contribution in [2.75, 3.05) is 26.3 Å². The predicted molar refractivity (Wildman–Crippen MR) is 136 cm³/mol. The minimum absolute atomic E-state index is 0.149. The van der Waals surface area contributed by atoms with E-state index in [0.29, 0.717) is 25.4 Å². The molecule has 7 nitrogen and oxygen atoms in total. The van der Waals surface area contributed by atoms with Gasteiger partial charge < -0.3 is 19.7 Å². The van der Waals surface area contributed by atoms with Gasteiger partial charge in [0, 0.05) is 13.1 Å². The number of nitrogens with zero attached hydrogens (tertiary/aromatic N) is 1. The number of amides is 2. The van der Waals surface area contributed by atoms with Gasteiger partial charge in [-0.25, -0.2) is 0 Å². The zero-order valence-corrected chi connectivity index (χ0v) is 22.2. The average molecular weight is 540 g/mol. The van der Waals surface area contributed by atoms with E-state index < -0.39 is 12.0 Å². The molecule has 1 fully saturated rings. The molecule has 2 rings (SSSR count). The zero-order chi connectivity index (χ0) is 24.8. The third kappa shape index (κ3) is 9.65. The highest BCUT2D eigenvalue weighted by atomic mass is 79.9. The van der Waals surface area contributed by atoms with E-state index in [-0.39, 0.29) is 24.8 Å². The predicted octanol–water partition coefficient (Wildman–Crippen LogP) is 4.79. The second-order valence-corrected chi connectivity index (χ2v) is 9.55. The van der Waals surface area contributed by atoms with Crippen LogP contribution in [0.25, 0.3) is 0 Å². The van der Waals surface area contributed by atoms with Crippen LogP contribution in [-0.4, -0.2) is 55.0 Å². The summed E-state index contributed by atoms with van der Waals surface area (Å²) in [7, 11) is 0. The van der Waals surface area contributed by atoms with Crippen LogP contribution in [0.2, 0.25) is 0 Å². The van der Waals surface area contributed by atoms with Crippen LogP contribution in [-0.2, 0) is 25.5 Å². The number of rotatable bonds is 15. The summed E-state index contributed by atoms with van der Waals surface area (Å²) < 4.78 is 11.8. The molecular formula is C26H39BrN2O5. The molecule has 1 heterocycles. The number of aryl methyl sites for hydroxylation is 1. The van der Waals surface area contributed by atoms with Gasteiger partial charge in [0.25, 0.3) is 5.91 Å². The summed E-state index contributed by atoms with van der Waals surface area (Å²) in [4.78, 5) is 39.0. The van der Waals surface area contributed by atoms with Gasteiger partial charge in [0.1, 0.15) is 11.8 Å². The van der Waals surface area contributed by atoms with Gasteiger partial charge in [-0.3, -0.25) is 14.4 Å². The Kier molecular flexibility index (Phi) is 13.0. The van der Waals surface area contributed by atoms with E-state index in [0.717, 1.165) is 35.7 Å². The molecule has 1 aromatic rings. The Hall–Kier alpha value is -2.09. The fourth-order valence-corrected chi connectivity index (χ4v) is 4.50. The maximum atomic E-state index is 12.8. The van der Waals surface area contributed by atoms with Gasteiger partial charge in [-0.05, 0) is 46.5 Å². The molecule has 190 valence electrons. The Balaban J connectivity index is 1.76. The number of esters is 1. The van der Waals surface area contributed by atoms with E-state index >= 15 is 0 Å². The van der Waals surface area contributed by atoms with Crippen molar-refractivity contribution in [2.45, 2.75) is 84.1 Å². The first-order valence-electron chi connectivity index (χ1n) is 12.6. The molecule has 1 atom stereocenters. The van der Waals surface area contributed by atoms with E-state index in [1.165, 1.54) is 37.0 Å². The van der Waals surface area contributed by atoms with Gasteiger partial charge >= 0.3 is 5.97 Å². The number of unbranched alkanes of at least 4 members (excludes halogenated alkanes) is 7. The van der Waals surface area contributed by atoms with Crippen LogP contribution in [0.3, 0.4) is 0 Å². The quantitative estimate of drug-likeness (QED) is 0.256. The molecule has 0 aliphatic carbocycles. The molecule has 1 N–H and O–H groups in total. The van der Waals surface area contributed by atoms with E-state index in [1.54, 1.807) is 0 Å². The molecule has 1 aromatic carbocycles. The fourth-order valence-electron chi connectivity index (χ4n) is 3.96. The lowest BCUT2D eigenvalue weighted by Gasteiger charge is -2.34. The largest absolute Gasteiger partial charge is 0.483 e. The van der Waals surface area contributed by atoms with Crippen molar-refractivity contribution in [1.82, 2.24) is 10.2 Å². The maximum absolute atomic E-state index is 12.8. The molecule has 1 saturated heterocycles. The van der Waals surface area contributed by atoms with E-state index in [4.69, 9.17) is 9.47 Å². The summed E-state index contributed by atoms with van der Waals surface area (Å²) in [5.74, 6) is -0.561. The SMILES string of the molecule is CCCCCCCCCCOC(=O)CC1C(=O)NCCN1C(=O)COc1ccc(CC)cc1Br. The molecule has 0 aromatic heterocycles. The third-order valence-electron chi connectivity index (χ3n) is 6.03. The fraction of sp³-hybridized carbons (Fsp3) is 0.654. The lowest BCUT2D eigenvalue weighted by atomic mass is 10.1.